The van der Waals surface area contributed by atoms with Gasteiger partial charge in [0.15, 0.2) is 0 Å². The van der Waals surface area contributed by atoms with Gasteiger partial charge in [-0.2, -0.15) is 0 Å². The number of carbonyl (C=O) groups excluding carboxylic acids is 3. The van der Waals surface area contributed by atoms with Crippen LogP contribution >= 0.6 is 11.8 Å². The van der Waals surface area contributed by atoms with E-state index in [9.17, 15) is 14.4 Å². The standard InChI is InChI=1S/C25H23N3O3S/c1-16-8-7-9-20(12-16)26-23(29)15-27-24(30)22(32-25(27)31)14-19-13-17(2)28(18(19)3)21-10-5-4-6-11-21/h4-14H,15H2,1-3H3,(H,26,29)/b22-14+. The largest absolute Gasteiger partial charge is 0.325 e. The van der Waals surface area contributed by atoms with Crippen LogP contribution in [-0.4, -0.2) is 33.1 Å². The van der Waals surface area contributed by atoms with E-state index in [1.165, 1.54) is 0 Å². The van der Waals surface area contributed by atoms with Crippen LogP contribution in [0.1, 0.15) is 22.5 Å². The zero-order chi connectivity index (χ0) is 22.8. The summed E-state index contributed by atoms with van der Waals surface area (Å²) in [6.45, 7) is 5.58. The maximum Gasteiger partial charge on any atom is 0.294 e. The summed E-state index contributed by atoms with van der Waals surface area (Å²) < 4.78 is 2.10. The van der Waals surface area contributed by atoms with Crippen LogP contribution in [-0.2, 0) is 9.59 Å². The van der Waals surface area contributed by atoms with Crippen LogP contribution in [0.15, 0.2) is 65.6 Å². The molecule has 4 rings (SSSR count). The van der Waals surface area contributed by atoms with Gasteiger partial charge in [-0.3, -0.25) is 19.3 Å². The highest BCUT2D eigenvalue weighted by molar-refractivity contribution is 8.18. The maximum atomic E-state index is 12.9. The van der Waals surface area contributed by atoms with Crippen molar-refractivity contribution >= 4 is 40.6 Å². The normalized spacial score (nSPS) is 15.0. The second-order valence-corrected chi connectivity index (χ2v) is 8.68. The van der Waals surface area contributed by atoms with Crippen LogP contribution in [0.4, 0.5) is 10.5 Å². The van der Waals surface area contributed by atoms with Crippen LogP contribution in [0.25, 0.3) is 11.8 Å². The summed E-state index contributed by atoms with van der Waals surface area (Å²) in [7, 11) is 0. The Labute approximate surface area is 190 Å². The summed E-state index contributed by atoms with van der Waals surface area (Å²) >= 11 is 0.856. The smallest absolute Gasteiger partial charge is 0.294 e. The first-order valence-electron chi connectivity index (χ1n) is 10.2. The predicted molar refractivity (Wildman–Crippen MR) is 128 cm³/mol. The molecule has 1 N–H and O–H groups in total. The Balaban J connectivity index is 1.52. The van der Waals surface area contributed by atoms with Crippen LogP contribution in [0.2, 0.25) is 0 Å². The lowest BCUT2D eigenvalue weighted by atomic mass is 10.2. The fourth-order valence-corrected chi connectivity index (χ4v) is 4.58. The number of rotatable bonds is 5. The second-order valence-electron chi connectivity index (χ2n) is 7.68. The van der Waals surface area contributed by atoms with Gasteiger partial charge in [0.05, 0.1) is 4.91 Å². The summed E-state index contributed by atoms with van der Waals surface area (Å²) in [6, 6.07) is 19.3. The van der Waals surface area contributed by atoms with E-state index in [2.05, 4.69) is 9.88 Å². The molecule has 0 saturated carbocycles. The number of nitrogens with zero attached hydrogens (tertiary/aromatic N) is 2. The van der Waals surface area contributed by atoms with Crippen molar-refractivity contribution in [2.45, 2.75) is 20.8 Å². The van der Waals surface area contributed by atoms with Crippen LogP contribution in [0.3, 0.4) is 0 Å². The molecule has 1 aliphatic heterocycles. The highest BCUT2D eigenvalue weighted by Gasteiger charge is 2.36. The van der Waals surface area contributed by atoms with Crippen LogP contribution < -0.4 is 5.32 Å². The average Bonchev–Trinajstić information content (AvgIpc) is 3.18. The first kappa shape index (κ1) is 21.6. The van der Waals surface area contributed by atoms with Crippen molar-refractivity contribution in [1.29, 1.82) is 0 Å². The van der Waals surface area contributed by atoms with Crippen molar-refractivity contribution in [3.8, 4) is 5.69 Å². The number of anilines is 1. The van der Waals surface area contributed by atoms with Gasteiger partial charge in [0, 0.05) is 22.8 Å². The highest BCUT2D eigenvalue weighted by Crippen LogP contribution is 2.33. The molecule has 1 aliphatic rings. The number of thioether (sulfide) groups is 1. The third-order valence-corrected chi connectivity index (χ3v) is 6.16. The monoisotopic (exact) mass is 445 g/mol. The number of carbonyl (C=O) groups is 3. The van der Waals surface area contributed by atoms with Gasteiger partial charge in [-0.05, 0) is 80.1 Å². The fourth-order valence-electron chi connectivity index (χ4n) is 3.75. The number of imide groups is 1. The third kappa shape index (κ3) is 4.38. The summed E-state index contributed by atoms with van der Waals surface area (Å²) in [4.78, 5) is 39.0. The highest BCUT2D eigenvalue weighted by atomic mass is 32.2. The molecule has 2 aromatic carbocycles. The minimum Gasteiger partial charge on any atom is -0.325 e. The Morgan fingerprint density at radius 1 is 1.00 bits per heavy atom. The van der Waals surface area contributed by atoms with Gasteiger partial charge in [0.25, 0.3) is 11.1 Å². The molecule has 0 spiro atoms. The Morgan fingerprint density at radius 2 is 1.75 bits per heavy atom. The molecule has 3 amide bonds. The minimum absolute atomic E-state index is 0.312. The summed E-state index contributed by atoms with van der Waals surface area (Å²) in [5.74, 6) is -0.870. The van der Waals surface area contributed by atoms with Gasteiger partial charge in [0.1, 0.15) is 6.54 Å². The molecule has 0 bridgehead atoms. The third-order valence-electron chi connectivity index (χ3n) is 5.25. The molecule has 7 heteroatoms. The topological polar surface area (TPSA) is 71.4 Å². The lowest BCUT2D eigenvalue weighted by Crippen LogP contribution is -2.36. The molecule has 32 heavy (non-hydrogen) atoms. The van der Waals surface area contributed by atoms with Crippen LogP contribution in [0.5, 0.6) is 0 Å². The number of aryl methyl sites for hydroxylation is 2. The van der Waals surface area contributed by atoms with E-state index in [-0.39, 0.29) is 6.54 Å². The van der Waals surface area contributed by atoms with Crippen LogP contribution in [0, 0.1) is 20.8 Å². The van der Waals surface area contributed by atoms with E-state index in [0.29, 0.717) is 10.6 Å². The summed E-state index contributed by atoms with van der Waals surface area (Å²) in [5, 5.41) is 2.29. The van der Waals surface area contributed by atoms with Gasteiger partial charge < -0.3 is 9.88 Å². The Morgan fingerprint density at radius 3 is 2.47 bits per heavy atom. The molecule has 0 radical (unpaired) electrons. The van der Waals surface area contributed by atoms with Crippen molar-refractivity contribution < 1.29 is 14.4 Å². The SMILES string of the molecule is Cc1cccc(NC(=O)CN2C(=O)S/C(=C/c3cc(C)n(-c4ccccc4)c3C)C2=O)c1. The molecule has 0 atom stereocenters. The molecule has 0 unspecified atom stereocenters. The molecule has 3 aromatic rings. The number of para-hydroxylation sites is 1. The van der Waals surface area contributed by atoms with Gasteiger partial charge in [-0.25, -0.2) is 0 Å². The van der Waals surface area contributed by atoms with Crippen molar-refractivity contribution in [2.24, 2.45) is 0 Å². The fraction of sp³-hybridized carbons (Fsp3) is 0.160. The lowest BCUT2D eigenvalue weighted by molar-refractivity contribution is -0.127. The zero-order valence-electron chi connectivity index (χ0n) is 18.1. The number of hydrogen-bond donors (Lipinski definition) is 1. The van der Waals surface area contributed by atoms with E-state index in [1.54, 1.807) is 12.1 Å². The molecule has 162 valence electrons. The number of aromatic nitrogens is 1. The molecule has 6 nitrogen and oxygen atoms in total. The van der Waals surface area contributed by atoms with Gasteiger partial charge >= 0.3 is 0 Å². The second kappa shape index (κ2) is 8.88. The maximum absolute atomic E-state index is 12.9. The average molecular weight is 446 g/mol. The molecule has 0 aliphatic carbocycles. The van der Waals surface area contributed by atoms with Crippen molar-refractivity contribution in [1.82, 2.24) is 9.47 Å². The van der Waals surface area contributed by atoms with Gasteiger partial charge in [0.2, 0.25) is 5.91 Å². The molecule has 2 heterocycles. The Bertz CT molecular complexity index is 1240. The number of amides is 3. The molecular weight excluding hydrogens is 422 g/mol. The molecular formula is C25H23N3O3S. The first-order valence-corrected chi connectivity index (χ1v) is 11.0. The van der Waals surface area contributed by atoms with E-state index in [4.69, 9.17) is 0 Å². The number of nitrogens with one attached hydrogen (secondary N) is 1. The number of hydrogen-bond acceptors (Lipinski definition) is 4. The zero-order valence-corrected chi connectivity index (χ0v) is 18.9. The van der Waals surface area contributed by atoms with E-state index in [1.807, 2.05) is 75.4 Å². The molecule has 1 saturated heterocycles. The first-order chi connectivity index (χ1) is 15.3. The van der Waals surface area contributed by atoms with Crippen molar-refractivity contribution in [3.05, 3.63) is 88.1 Å². The van der Waals surface area contributed by atoms with E-state index >= 15 is 0 Å². The Hall–Kier alpha value is -3.58. The van der Waals surface area contributed by atoms with Gasteiger partial charge in [-0.15, -0.1) is 0 Å². The van der Waals surface area contributed by atoms with E-state index < -0.39 is 17.1 Å². The minimum atomic E-state index is -0.455. The quantitative estimate of drug-likeness (QED) is 0.556. The van der Waals surface area contributed by atoms with E-state index in [0.717, 1.165) is 44.9 Å². The number of benzene rings is 2. The van der Waals surface area contributed by atoms with Crippen molar-refractivity contribution in [2.75, 3.05) is 11.9 Å². The summed E-state index contributed by atoms with van der Waals surface area (Å²) in [5.41, 5.74) is 5.52. The van der Waals surface area contributed by atoms with Crippen molar-refractivity contribution in [3.63, 3.8) is 0 Å². The lowest BCUT2D eigenvalue weighted by Gasteiger charge is -2.12. The molecule has 1 aromatic heterocycles. The van der Waals surface area contributed by atoms with Gasteiger partial charge in [-0.1, -0.05) is 30.3 Å². The predicted octanol–water partition coefficient (Wildman–Crippen LogP) is 5.08. The molecule has 1 fully saturated rings. The Kier molecular flexibility index (Phi) is 6.01. The summed E-state index contributed by atoms with van der Waals surface area (Å²) in [6.07, 6.45) is 1.73.